The number of carboxylic acids is 1. The standard InChI is InChI=1S/C14H24O8/c1-2-3-4-5-8(6-10(16)17)21-14-13(20)12(19)11(18)9(7-15)22-14/h3-4,8-9,11-15,18-20H,2,5-7H2,1H3,(H,16,17). The van der Waals surface area contributed by atoms with Crippen molar-refractivity contribution in [1.29, 1.82) is 0 Å². The number of carboxylic acid groups (broad SMARTS) is 1. The van der Waals surface area contributed by atoms with Gasteiger partial charge in [-0.05, 0) is 12.8 Å². The van der Waals surface area contributed by atoms with Crippen molar-refractivity contribution in [2.24, 2.45) is 0 Å². The second-order valence-electron chi connectivity index (χ2n) is 5.17. The molecule has 0 saturated carbocycles. The van der Waals surface area contributed by atoms with Gasteiger partial charge < -0.3 is 35.0 Å². The van der Waals surface area contributed by atoms with Gasteiger partial charge in [0, 0.05) is 0 Å². The molecule has 5 N–H and O–H groups in total. The van der Waals surface area contributed by atoms with Crippen molar-refractivity contribution in [2.45, 2.75) is 63.0 Å². The molecular formula is C14H24O8. The van der Waals surface area contributed by atoms with Gasteiger partial charge in [-0.15, -0.1) is 0 Å². The lowest BCUT2D eigenvalue weighted by Gasteiger charge is -2.40. The average molecular weight is 320 g/mol. The Hall–Kier alpha value is -1.03. The summed E-state index contributed by atoms with van der Waals surface area (Å²) in [6, 6.07) is 0. The highest BCUT2D eigenvalue weighted by Gasteiger charge is 2.44. The maximum Gasteiger partial charge on any atom is 0.305 e. The van der Waals surface area contributed by atoms with Crippen LogP contribution in [0.15, 0.2) is 12.2 Å². The number of aliphatic carboxylic acids is 1. The maximum absolute atomic E-state index is 10.9. The van der Waals surface area contributed by atoms with Crippen LogP contribution in [0.1, 0.15) is 26.2 Å². The molecule has 0 spiro atoms. The van der Waals surface area contributed by atoms with Crippen LogP contribution in [0, 0.1) is 0 Å². The van der Waals surface area contributed by atoms with E-state index in [4.69, 9.17) is 19.7 Å². The number of hydrogen-bond acceptors (Lipinski definition) is 7. The number of rotatable bonds is 8. The van der Waals surface area contributed by atoms with E-state index >= 15 is 0 Å². The van der Waals surface area contributed by atoms with Crippen molar-refractivity contribution in [3.05, 3.63) is 12.2 Å². The Morgan fingerprint density at radius 2 is 1.91 bits per heavy atom. The van der Waals surface area contributed by atoms with E-state index in [1.165, 1.54) is 0 Å². The van der Waals surface area contributed by atoms with Crippen LogP contribution in [0.3, 0.4) is 0 Å². The molecule has 1 heterocycles. The van der Waals surface area contributed by atoms with E-state index in [0.717, 1.165) is 6.42 Å². The molecule has 1 aliphatic heterocycles. The fourth-order valence-electron chi connectivity index (χ4n) is 2.17. The largest absolute Gasteiger partial charge is 0.481 e. The Labute approximate surface area is 128 Å². The third-order valence-corrected chi connectivity index (χ3v) is 3.38. The van der Waals surface area contributed by atoms with E-state index in [2.05, 4.69) is 0 Å². The van der Waals surface area contributed by atoms with Crippen LogP contribution in [-0.4, -0.2) is 74.9 Å². The number of aliphatic hydroxyl groups excluding tert-OH is 4. The first-order chi connectivity index (χ1) is 10.4. The van der Waals surface area contributed by atoms with Gasteiger partial charge in [0.1, 0.15) is 24.4 Å². The van der Waals surface area contributed by atoms with E-state index in [9.17, 15) is 20.1 Å². The first kappa shape index (κ1) is 19.0. The van der Waals surface area contributed by atoms with Crippen LogP contribution in [0.25, 0.3) is 0 Å². The van der Waals surface area contributed by atoms with Crippen molar-refractivity contribution in [1.82, 2.24) is 0 Å². The van der Waals surface area contributed by atoms with Crippen molar-refractivity contribution in [3.8, 4) is 0 Å². The second kappa shape index (κ2) is 9.19. The molecule has 8 nitrogen and oxygen atoms in total. The Balaban J connectivity index is 2.72. The molecule has 6 atom stereocenters. The number of ether oxygens (including phenoxy) is 2. The average Bonchev–Trinajstić information content (AvgIpc) is 2.47. The zero-order valence-electron chi connectivity index (χ0n) is 12.4. The lowest BCUT2D eigenvalue weighted by molar-refractivity contribution is -0.311. The van der Waals surface area contributed by atoms with Gasteiger partial charge in [-0.25, -0.2) is 0 Å². The second-order valence-corrected chi connectivity index (χ2v) is 5.17. The molecule has 0 aromatic carbocycles. The summed E-state index contributed by atoms with van der Waals surface area (Å²) < 4.78 is 10.6. The topological polar surface area (TPSA) is 137 Å². The number of hydrogen-bond donors (Lipinski definition) is 5. The zero-order chi connectivity index (χ0) is 16.7. The highest BCUT2D eigenvalue weighted by atomic mass is 16.7. The molecule has 128 valence electrons. The van der Waals surface area contributed by atoms with Crippen LogP contribution >= 0.6 is 0 Å². The molecule has 8 heteroatoms. The van der Waals surface area contributed by atoms with Gasteiger partial charge in [-0.1, -0.05) is 19.1 Å². The highest BCUT2D eigenvalue weighted by Crippen LogP contribution is 2.24. The molecule has 6 unspecified atom stereocenters. The van der Waals surface area contributed by atoms with Gasteiger partial charge in [0.2, 0.25) is 0 Å². The van der Waals surface area contributed by atoms with Crippen LogP contribution < -0.4 is 0 Å². The third-order valence-electron chi connectivity index (χ3n) is 3.38. The molecular weight excluding hydrogens is 296 g/mol. The number of aliphatic hydroxyl groups is 4. The molecule has 0 radical (unpaired) electrons. The van der Waals surface area contributed by atoms with Crippen LogP contribution in [0.2, 0.25) is 0 Å². The highest BCUT2D eigenvalue weighted by molar-refractivity contribution is 5.67. The van der Waals surface area contributed by atoms with Gasteiger partial charge >= 0.3 is 5.97 Å². The third kappa shape index (κ3) is 5.31. The molecule has 0 bridgehead atoms. The van der Waals surface area contributed by atoms with Gasteiger partial charge in [0.15, 0.2) is 6.29 Å². The fourth-order valence-corrected chi connectivity index (χ4v) is 2.17. The molecule has 0 aromatic heterocycles. The number of carbonyl (C=O) groups is 1. The van der Waals surface area contributed by atoms with Crippen LogP contribution in [-0.2, 0) is 14.3 Å². The smallest absolute Gasteiger partial charge is 0.305 e. The quantitative estimate of drug-likeness (QED) is 0.359. The molecule has 22 heavy (non-hydrogen) atoms. The monoisotopic (exact) mass is 320 g/mol. The molecule has 0 aliphatic carbocycles. The molecule has 0 amide bonds. The van der Waals surface area contributed by atoms with Crippen molar-refractivity contribution in [2.75, 3.05) is 6.61 Å². The van der Waals surface area contributed by atoms with Crippen molar-refractivity contribution in [3.63, 3.8) is 0 Å². The van der Waals surface area contributed by atoms with E-state index in [1.54, 1.807) is 6.08 Å². The molecule has 1 aliphatic rings. The van der Waals surface area contributed by atoms with Gasteiger partial charge in [0.05, 0.1) is 19.1 Å². The molecule has 1 rings (SSSR count). The van der Waals surface area contributed by atoms with Crippen LogP contribution in [0.5, 0.6) is 0 Å². The lowest BCUT2D eigenvalue weighted by Crippen LogP contribution is -2.59. The molecule has 0 aromatic rings. The normalized spacial score (nSPS) is 34.0. The minimum Gasteiger partial charge on any atom is -0.481 e. The van der Waals surface area contributed by atoms with E-state index in [-0.39, 0.29) is 6.42 Å². The Bertz CT molecular complexity index is 370. The van der Waals surface area contributed by atoms with Gasteiger partial charge in [-0.2, -0.15) is 0 Å². The summed E-state index contributed by atoms with van der Waals surface area (Å²) in [4.78, 5) is 10.9. The molecule has 1 saturated heterocycles. The van der Waals surface area contributed by atoms with Crippen molar-refractivity contribution >= 4 is 5.97 Å². The molecule has 1 fully saturated rings. The maximum atomic E-state index is 10.9. The SMILES string of the molecule is CCC=CCC(CC(=O)O)OC1OC(CO)C(O)C(O)C1O. The summed E-state index contributed by atoms with van der Waals surface area (Å²) in [6.07, 6.45) is -3.33. The predicted molar refractivity (Wildman–Crippen MR) is 74.9 cm³/mol. The predicted octanol–water partition coefficient (Wildman–Crippen LogP) is -0.997. The van der Waals surface area contributed by atoms with E-state index in [0.29, 0.717) is 6.42 Å². The van der Waals surface area contributed by atoms with E-state index in [1.807, 2.05) is 13.0 Å². The first-order valence-electron chi connectivity index (χ1n) is 7.23. The first-order valence-corrected chi connectivity index (χ1v) is 7.23. The van der Waals surface area contributed by atoms with Gasteiger partial charge in [0.25, 0.3) is 0 Å². The van der Waals surface area contributed by atoms with Gasteiger partial charge in [-0.3, -0.25) is 4.79 Å². The summed E-state index contributed by atoms with van der Waals surface area (Å²) in [5.74, 6) is -1.07. The van der Waals surface area contributed by atoms with Crippen molar-refractivity contribution < 1.29 is 39.8 Å². The number of allylic oxidation sites excluding steroid dienone is 1. The summed E-state index contributed by atoms with van der Waals surface area (Å²) in [5, 5.41) is 47.2. The minimum atomic E-state index is -1.55. The summed E-state index contributed by atoms with van der Waals surface area (Å²) in [6.45, 7) is 1.37. The Morgan fingerprint density at radius 1 is 1.23 bits per heavy atom. The summed E-state index contributed by atoms with van der Waals surface area (Å²) >= 11 is 0. The zero-order valence-corrected chi connectivity index (χ0v) is 12.4. The summed E-state index contributed by atoms with van der Waals surface area (Å²) in [7, 11) is 0. The Kier molecular flexibility index (Phi) is 7.94. The Morgan fingerprint density at radius 3 is 2.45 bits per heavy atom. The van der Waals surface area contributed by atoms with Crippen LogP contribution in [0.4, 0.5) is 0 Å². The minimum absolute atomic E-state index is 0.301. The lowest BCUT2D eigenvalue weighted by atomic mass is 9.99. The summed E-state index contributed by atoms with van der Waals surface area (Å²) in [5.41, 5.74) is 0. The van der Waals surface area contributed by atoms with E-state index < -0.39 is 49.4 Å². The fraction of sp³-hybridized carbons (Fsp3) is 0.786.